The predicted molar refractivity (Wildman–Crippen MR) is 278 cm³/mol. The van der Waals surface area contributed by atoms with Gasteiger partial charge in [0.25, 0.3) is 0 Å². The number of nitrogens with one attached hydrogen (secondary N) is 1. The summed E-state index contributed by atoms with van der Waals surface area (Å²) in [6.07, 6.45) is 64.5. The van der Waals surface area contributed by atoms with Gasteiger partial charge in [0.15, 0.2) is 0 Å². The van der Waals surface area contributed by atoms with Crippen molar-refractivity contribution in [3.8, 4) is 0 Å². The molecule has 2 unspecified atom stereocenters. The molecule has 0 rings (SSSR count). The Morgan fingerprint density at radius 3 is 1.23 bits per heavy atom. The number of hydrogen-bond acceptors (Lipinski definition) is 5. The molecule has 0 saturated carbocycles. The third kappa shape index (κ3) is 49.8. The number of unbranched alkanes of at least 4 members (excludes halogenated alkanes) is 38. The molecule has 64 heavy (non-hydrogen) atoms. The molecule has 3 N–H and O–H groups in total. The lowest BCUT2D eigenvalue weighted by Crippen LogP contribution is -2.45. The van der Waals surface area contributed by atoms with E-state index >= 15 is 0 Å². The van der Waals surface area contributed by atoms with Crippen molar-refractivity contribution in [2.75, 3.05) is 13.2 Å². The first-order chi connectivity index (χ1) is 31.5. The standard InChI is InChI=1S/C58H111NO5/c1-3-5-7-9-11-13-15-17-26-30-34-38-42-46-50-56(61)55(54-60)59-57(62)51-47-43-39-35-31-27-24-22-20-19-21-23-25-29-33-37-41-45-49-53-64-58(63)52-48-44-40-36-32-28-18-16-14-12-10-8-6-4-2/h10,12,16,18,55-56,60-61H,3-9,11,13-15,17,19-54H2,1-2H3,(H,59,62)/b12-10-,18-16-. The Hall–Kier alpha value is -1.66. The van der Waals surface area contributed by atoms with Crippen LogP contribution in [0.2, 0.25) is 0 Å². The van der Waals surface area contributed by atoms with Gasteiger partial charge in [0, 0.05) is 12.8 Å². The Labute approximate surface area is 399 Å². The van der Waals surface area contributed by atoms with Crippen LogP contribution in [0, 0.1) is 0 Å². The lowest BCUT2D eigenvalue weighted by molar-refractivity contribution is -0.143. The maximum Gasteiger partial charge on any atom is 0.305 e. The molecule has 0 fully saturated rings. The summed E-state index contributed by atoms with van der Waals surface area (Å²) >= 11 is 0. The molecule has 2 atom stereocenters. The Balaban J connectivity index is 3.40. The molecular formula is C58H111NO5. The van der Waals surface area contributed by atoms with Crippen LogP contribution in [0.4, 0.5) is 0 Å². The minimum absolute atomic E-state index is 0.00542. The van der Waals surface area contributed by atoms with Crippen molar-refractivity contribution in [3.63, 3.8) is 0 Å². The number of allylic oxidation sites excluding steroid dienone is 4. The smallest absolute Gasteiger partial charge is 0.305 e. The molecular weight excluding hydrogens is 791 g/mol. The third-order valence-corrected chi connectivity index (χ3v) is 13.3. The summed E-state index contributed by atoms with van der Waals surface area (Å²) in [5.74, 6) is -0.0426. The Kier molecular flexibility index (Phi) is 52.6. The number of carbonyl (C=O) groups is 2. The van der Waals surface area contributed by atoms with Crippen molar-refractivity contribution in [2.45, 2.75) is 321 Å². The summed E-state index contributed by atoms with van der Waals surface area (Å²) in [5, 5.41) is 23.2. The fourth-order valence-electron chi connectivity index (χ4n) is 8.83. The van der Waals surface area contributed by atoms with Gasteiger partial charge in [0.2, 0.25) is 5.91 Å². The number of rotatable bonds is 53. The Bertz CT molecular complexity index is 997. The second-order valence-corrected chi connectivity index (χ2v) is 19.6. The largest absolute Gasteiger partial charge is 0.466 e. The van der Waals surface area contributed by atoms with Gasteiger partial charge in [-0.15, -0.1) is 0 Å². The molecule has 0 aliphatic heterocycles. The molecule has 0 aromatic carbocycles. The minimum Gasteiger partial charge on any atom is -0.466 e. The Morgan fingerprint density at radius 1 is 0.438 bits per heavy atom. The van der Waals surface area contributed by atoms with E-state index in [-0.39, 0.29) is 18.5 Å². The maximum atomic E-state index is 12.5. The summed E-state index contributed by atoms with van der Waals surface area (Å²) < 4.78 is 5.47. The topological polar surface area (TPSA) is 95.9 Å². The fraction of sp³-hybridized carbons (Fsp3) is 0.897. The van der Waals surface area contributed by atoms with E-state index in [9.17, 15) is 19.8 Å². The van der Waals surface area contributed by atoms with Crippen LogP contribution in [-0.2, 0) is 14.3 Å². The zero-order valence-electron chi connectivity index (χ0n) is 43.0. The van der Waals surface area contributed by atoms with Crippen molar-refractivity contribution in [1.29, 1.82) is 0 Å². The van der Waals surface area contributed by atoms with E-state index in [0.717, 1.165) is 51.4 Å². The monoisotopic (exact) mass is 902 g/mol. The van der Waals surface area contributed by atoms with Crippen LogP contribution in [0.5, 0.6) is 0 Å². The van der Waals surface area contributed by atoms with Gasteiger partial charge in [0.1, 0.15) is 0 Å². The molecule has 378 valence electrons. The van der Waals surface area contributed by atoms with E-state index < -0.39 is 12.1 Å². The third-order valence-electron chi connectivity index (χ3n) is 13.3. The second kappa shape index (κ2) is 54.0. The van der Waals surface area contributed by atoms with E-state index in [1.807, 2.05) is 0 Å². The lowest BCUT2D eigenvalue weighted by atomic mass is 10.0. The van der Waals surface area contributed by atoms with E-state index in [2.05, 4.69) is 43.5 Å². The van der Waals surface area contributed by atoms with Crippen molar-refractivity contribution in [1.82, 2.24) is 5.32 Å². The highest BCUT2D eigenvalue weighted by molar-refractivity contribution is 5.76. The van der Waals surface area contributed by atoms with E-state index in [4.69, 9.17) is 4.74 Å². The summed E-state index contributed by atoms with van der Waals surface area (Å²) in [7, 11) is 0. The number of esters is 1. The summed E-state index contributed by atoms with van der Waals surface area (Å²) in [6.45, 7) is 4.91. The van der Waals surface area contributed by atoms with Crippen LogP contribution < -0.4 is 5.32 Å². The normalized spacial score (nSPS) is 12.8. The molecule has 0 heterocycles. The highest BCUT2D eigenvalue weighted by atomic mass is 16.5. The fourth-order valence-corrected chi connectivity index (χ4v) is 8.83. The molecule has 6 nitrogen and oxygen atoms in total. The van der Waals surface area contributed by atoms with Crippen molar-refractivity contribution >= 4 is 11.9 Å². The first-order valence-electron chi connectivity index (χ1n) is 28.6. The van der Waals surface area contributed by atoms with Crippen LogP contribution in [0.3, 0.4) is 0 Å². The minimum atomic E-state index is -0.666. The van der Waals surface area contributed by atoms with E-state index in [1.54, 1.807) is 0 Å². The van der Waals surface area contributed by atoms with Gasteiger partial charge in [-0.3, -0.25) is 9.59 Å². The van der Waals surface area contributed by atoms with Gasteiger partial charge >= 0.3 is 5.97 Å². The van der Waals surface area contributed by atoms with Gasteiger partial charge in [0.05, 0.1) is 25.4 Å². The lowest BCUT2D eigenvalue weighted by Gasteiger charge is -2.22. The highest BCUT2D eigenvalue weighted by Gasteiger charge is 2.20. The summed E-state index contributed by atoms with van der Waals surface area (Å²) in [5.41, 5.74) is 0. The molecule has 0 bridgehead atoms. The molecule has 0 saturated heterocycles. The number of aliphatic hydroxyl groups is 2. The zero-order valence-corrected chi connectivity index (χ0v) is 43.0. The second-order valence-electron chi connectivity index (χ2n) is 19.6. The van der Waals surface area contributed by atoms with Crippen LogP contribution in [0.15, 0.2) is 24.3 Å². The van der Waals surface area contributed by atoms with Gasteiger partial charge in [-0.1, -0.05) is 269 Å². The van der Waals surface area contributed by atoms with Gasteiger partial charge in [-0.25, -0.2) is 0 Å². The van der Waals surface area contributed by atoms with Crippen LogP contribution in [-0.4, -0.2) is 47.4 Å². The van der Waals surface area contributed by atoms with Crippen LogP contribution >= 0.6 is 0 Å². The summed E-state index contributed by atoms with van der Waals surface area (Å²) in [4.78, 5) is 24.5. The molecule has 6 heteroatoms. The number of hydrogen-bond donors (Lipinski definition) is 3. The quantitative estimate of drug-likeness (QED) is 0.0321. The summed E-state index contributed by atoms with van der Waals surface area (Å²) in [6, 6.07) is -0.543. The molecule has 0 spiro atoms. The average molecular weight is 903 g/mol. The number of aliphatic hydroxyl groups excluding tert-OH is 2. The van der Waals surface area contributed by atoms with Crippen LogP contribution in [0.25, 0.3) is 0 Å². The van der Waals surface area contributed by atoms with Crippen molar-refractivity contribution in [3.05, 3.63) is 24.3 Å². The first-order valence-corrected chi connectivity index (χ1v) is 28.6. The molecule has 0 aromatic rings. The highest BCUT2D eigenvalue weighted by Crippen LogP contribution is 2.17. The average Bonchev–Trinajstić information content (AvgIpc) is 3.29. The SMILES string of the molecule is CCCC/C=C\C/C=C\CCCCCCCC(=O)OCCCCCCCCCCCCCCCCCCCCCC(=O)NC(CO)C(O)CCCCCCCCCCCCCCCC. The zero-order chi connectivity index (χ0) is 46.5. The molecule has 0 aliphatic rings. The van der Waals surface area contributed by atoms with Crippen molar-refractivity contribution in [2.24, 2.45) is 0 Å². The molecule has 1 amide bonds. The number of ether oxygens (including phenoxy) is 1. The molecule has 0 aliphatic carbocycles. The van der Waals surface area contributed by atoms with E-state index in [0.29, 0.717) is 25.9 Å². The van der Waals surface area contributed by atoms with Gasteiger partial charge < -0.3 is 20.3 Å². The van der Waals surface area contributed by atoms with Gasteiger partial charge in [-0.05, 0) is 51.4 Å². The molecule has 0 aromatic heterocycles. The van der Waals surface area contributed by atoms with Crippen LogP contribution in [0.1, 0.15) is 309 Å². The van der Waals surface area contributed by atoms with Crippen molar-refractivity contribution < 1.29 is 24.5 Å². The van der Waals surface area contributed by atoms with E-state index in [1.165, 1.54) is 225 Å². The first kappa shape index (κ1) is 62.3. The number of amides is 1. The van der Waals surface area contributed by atoms with Gasteiger partial charge in [-0.2, -0.15) is 0 Å². The molecule has 0 radical (unpaired) electrons. The maximum absolute atomic E-state index is 12.5. The predicted octanol–water partition coefficient (Wildman–Crippen LogP) is 17.5. The Morgan fingerprint density at radius 2 is 0.797 bits per heavy atom. The number of carbonyl (C=O) groups excluding carboxylic acids is 2.